The lowest BCUT2D eigenvalue weighted by Gasteiger charge is -2.11. The van der Waals surface area contributed by atoms with E-state index in [0.717, 1.165) is 5.56 Å². The molecule has 0 aliphatic heterocycles. The van der Waals surface area contributed by atoms with Crippen molar-refractivity contribution in [1.29, 1.82) is 0 Å². The quantitative estimate of drug-likeness (QED) is 0.586. The smallest absolute Gasteiger partial charge is 0.0386 e. The third kappa shape index (κ3) is 2.92. The molecule has 0 aromatic carbocycles. The molecule has 0 aliphatic rings. The Hall–Kier alpha value is -0.390. The van der Waals surface area contributed by atoms with E-state index in [1.807, 2.05) is 0 Å². The number of thiol groups is 1. The van der Waals surface area contributed by atoms with Crippen LogP contribution in [0.3, 0.4) is 0 Å². The molecule has 0 N–H and O–H groups in total. The monoisotopic (exact) mass is 202 g/mol. The predicted octanol–water partition coefficient (Wildman–Crippen LogP) is 0.932. The lowest BCUT2D eigenvalue weighted by molar-refractivity contribution is 0.536. The van der Waals surface area contributed by atoms with Crippen molar-refractivity contribution in [2.45, 2.75) is 5.25 Å². The number of hydrogen-bond donors (Lipinski definition) is 1. The first kappa shape index (κ1) is 9.70. The standard InChI is InChI=1S/C7H9NO2S2/c9-12(10)5-7(11)6-2-1-3-8-4-6/h1-4,7,11H,5H2,(H,9,10)/p-1. The molecule has 0 spiro atoms. The minimum atomic E-state index is -2.05. The van der Waals surface area contributed by atoms with Gasteiger partial charge in [0.15, 0.2) is 0 Å². The average Bonchev–Trinajstić information content (AvgIpc) is 2.05. The third-order valence-corrected chi connectivity index (χ3v) is 2.70. The molecule has 0 saturated heterocycles. The Kier molecular flexibility index (Phi) is 3.71. The minimum absolute atomic E-state index is 0.0226. The van der Waals surface area contributed by atoms with Gasteiger partial charge in [-0.15, -0.1) is 0 Å². The largest absolute Gasteiger partial charge is 0.772 e. The summed E-state index contributed by atoms with van der Waals surface area (Å²) in [4.78, 5) is 3.86. The molecule has 1 aromatic heterocycles. The Balaban J connectivity index is 2.65. The Morgan fingerprint density at radius 2 is 2.50 bits per heavy atom. The molecule has 0 saturated carbocycles. The average molecular weight is 202 g/mol. The maximum atomic E-state index is 10.3. The van der Waals surface area contributed by atoms with Crippen LogP contribution < -0.4 is 0 Å². The molecule has 1 aromatic rings. The molecule has 0 fully saturated rings. The number of pyridine rings is 1. The van der Waals surface area contributed by atoms with Gasteiger partial charge in [0, 0.05) is 23.4 Å². The van der Waals surface area contributed by atoms with Gasteiger partial charge in [0.05, 0.1) is 0 Å². The maximum Gasteiger partial charge on any atom is 0.0386 e. The van der Waals surface area contributed by atoms with Gasteiger partial charge in [-0.2, -0.15) is 12.6 Å². The number of nitrogens with zero attached hydrogens (tertiary/aromatic N) is 1. The first-order valence-electron chi connectivity index (χ1n) is 3.34. The maximum absolute atomic E-state index is 10.3. The van der Waals surface area contributed by atoms with Crippen molar-refractivity contribution in [3.8, 4) is 0 Å². The van der Waals surface area contributed by atoms with E-state index in [1.54, 1.807) is 24.5 Å². The second kappa shape index (κ2) is 4.59. The molecule has 0 radical (unpaired) electrons. The summed E-state index contributed by atoms with van der Waals surface area (Å²) in [6, 6.07) is 3.56. The highest BCUT2D eigenvalue weighted by Gasteiger charge is 2.05. The van der Waals surface area contributed by atoms with Crippen LogP contribution in [-0.4, -0.2) is 19.5 Å². The summed E-state index contributed by atoms with van der Waals surface area (Å²) in [6.45, 7) is 0. The normalized spacial score (nSPS) is 15.5. The highest BCUT2D eigenvalue weighted by atomic mass is 32.2. The lowest BCUT2D eigenvalue weighted by atomic mass is 10.2. The topological polar surface area (TPSA) is 53.0 Å². The summed E-state index contributed by atoms with van der Waals surface area (Å²) < 4.78 is 20.6. The summed E-state index contributed by atoms with van der Waals surface area (Å²) in [6.07, 6.45) is 3.25. The van der Waals surface area contributed by atoms with E-state index in [0.29, 0.717) is 0 Å². The number of aromatic nitrogens is 1. The second-order valence-corrected chi connectivity index (χ2v) is 3.84. The summed E-state index contributed by atoms with van der Waals surface area (Å²) in [5.74, 6) is 0.0226. The van der Waals surface area contributed by atoms with Crippen molar-refractivity contribution in [1.82, 2.24) is 4.98 Å². The van der Waals surface area contributed by atoms with Crippen LogP contribution in [0.25, 0.3) is 0 Å². The van der Waals surface area contributed by atoms with Gasteiger partial charge < -0.3 is 4.55 Å². The van der Waals surface area contributed by atoms with E-state index in [-0.39, 0.29) is 11.0 Å². The predicted molar refractivity (Wildman–Crippen MR) is 49.8 cm³/mol. The van der Waals surface area contributed by atoms with E-state index in [2.05, 4.69) is 17.6 Å². The van der Waals surface area contributed by atoms with Gasteiger partial charge in [-0.05, 0) is 11.6 Å². The summed E-state index contributed by atoms with van der Waals surface area (Å²) in [7, 11) is 0. The fraction of sp³-hybridized carbons (Fsp3) is 0.286. The van der Waals surface area contributed by atoms with Crippen molar-refractivity contribution < 1.29 is 8.76 Å². The van der Waals surface area contributed by atoms with Crippen LogP contribution in [0.5, 0.6) is 0 Å². The van der Waals surface area contributed by atoms with Crippen LogP contribution in [0, 0.1) is 0 Å². The van der Waals surface area contributed by atoms with Crippen molar-refractivity contribution in [3.05, 3.63) is 30.1 Å². The molecular weight excluding hydrogens is 194 g/mol. The van der Waals surface area contributed by atoms with E-state index in [4.69, 9.17) is 0 Å². The summed E-state index contributed by atoms with van der Waals surface area (Å²) in [5, 5.41) is -0.281. The molecule has 5 heteroatoms. The number of hydrogen-bond acceptors (Lipinski definition) is 4. The zero-order valence-corrected chi connectivity index (χ0v) is 7.92. The summed E-state index contributed by atoms with van der Waals surface area (Å²) >= 11 is 2.08. The van der Waals surface area contributed by atoms with Gasteiger partial charge in [0.25, 0.3) is 0 Å². The van der Waals surface area contributed by atoms with E-state index in [1.165, 1.54) is 0 Å². The van der Waals surface area contributed by atoms with Crippen LogP contribution >= 0.6 is 12.6 Å². The fourth-order valence-corrected chi connectivity index (χ4v) is 1.77. The van der Waals surface area contributed by atoms with Crippen LogP contribution in [0.2, 0.25) is 0 Å². The van der Waals surface area contributed by atoms with Crippen LogP contribution in [0.15, 0.2) is 24.5 Å². The van der Waals surface area contributed by atoms with Crippen molar-refractivity contribution in [2.24, 2.45) is 0 Å². The van der Waals surface area contributed by atoms with Gasteiger partial charge in [-0.3, -0.25) is 9.19 Å². The van der Waals surface area contributed by atoms with Crippen LogP contribution in [0.4, 0.5) is 0 Å². The molecule has 1 rings (SSSR count). The Morgan fingerprint density at radius 1 is 1.75 bits per heavy atom. The minimum Gasteiger partial charge on any atom is -0.772 e. The first-order chi connectivity index (χ1) is 5.70. The van der Waals surface area contributed by atoms with Crippen LogP contribution in [0.1, 0.15) is 10.8 Å². The second-order valence-electron chi connectivity index (χ2n) is 2.27. The molecule has 0 aliphatic carbocycles. The first-order valence-corrected chi connectivity index (χ1v) is 5.10. The Bertz CT molecular complexity index is 265. The molecule has 0 bridgehead atoms. The van der Waals surface area contributed by atoms with Gasteiger partial charge >= 0.3 is 0 Å². The van der Waals surface area contributed by atoms with Gasteiger partial charge in [0.1, 0.15) is 0 Å². The van der Waals surface area contributed by atoms with Crippen LogP contribution in [-0.2, 0) is 11.1 Å². The fourth-order valence-electron chi connectivity index (χ4n) is 0.798. The molecule has 1 heterocycles. The highest BCUT2D eigenvalue weighted by Crippen LogP contribution is 2.18. The zero-order valence-electron chi connectivity index (χ0n) is 6.21. The lowest BCUT2D eigenvalue weighted by Crippen LogP contribution is -2.03. The SMILES string of the molecule is O=S([O-])CC(S)c1cccnc1. The molecule has 2 atom stereocenters. The molecule has 0 amide bonds. The Morgan fingerprint density at radius 3 is 3.00 bits per heavy atom. The van der Waals surface area contributed by atoms with Crippen molar-refractivity contribution in [2.75, 3.05) is 5.75 Å². The van der Waals surface area contributed by atoms with E-state index >= 15 is 0 Å². The van der Waals surface area contributed by atoms with Gasteiger partial charge in [-0.25, -0.2) is 0 Å². The van der Waals surface area contributed by atoms with E-state index < -0.39 is 11.1 Å². The number of rotatable bonds is 3. The highest BCUT2D eigenvalue weighted by molar-refractivity contribution is 7.83. The molecule has 3 nitrogen and oxygen atoms in total. The molecular formula is C7H8NO2S2-. The van der Waals surface area contributed by atoms with Crippen molar-refractivity contribution in [3.63, 3.8) is 0 Å². The van der Waals surface area contributed by atoms with Gasteiger partial charge in [0.2, 0.25) is 0 Å². The molecule has 2 unspecified atom stereocenters. The zero-order chi connectivity index (χ0) is 8.97. The summed E-state index contributed by atoms with van der Waals surface area (Å²) in [5.41, 5.74) is 0.824. The van der Waals surface area contributed by atoms with E-state index in [9.17, 15) is 8.76 Å². The third-order valence-electron chi connectivity index (χ3n) is 1.36. The Labute approximate surface area is 78.9 Å². The van der Waals surface area contributed by atoms with Crippen molar-refractivity contribution >= 4 is 23.7 Å². The molecule has 66 valence electrons. The van der Waals surface area contributed by atoms with Gasteiger partial charge in [-0.1, -0.05) is 17.1 Å². The molecule has 12 heavy (non-hydrogen) atoms.